The van der Waals surface area contributed by atoms with Crippen molar-refractivity contribution in [2.45, 2.75) is 52.2 Å². The lowest BCUT2D eigenvalue weighted by Gasteiger charge is -2.46. The molecule has 2 fully saturated rings. The largest absolute Gasteiger partial charge is 0.444 e. The molecule has 1 atom stereocenters. The summed E-state index contributed by atoms with van der Waals surface area (Å²) in [7, 11) is 0. The van der Waals surface area contributed by atoms with Gasteiger partial charge < -0.3 is 15.0 Å². The Morgan fingerprint density at radius 3 is 2.35 bits per heavy atom. The van der Waals surface area contributed by atoms with Crippen molar-refractivity contribution in [3.8, 4) is 0 Å². The topological polar surface area (TPSA) is 142 Å². The summed E-state index contributed by atoms with van der Waals surface area (Å²) in [6.45, 7) is 7.36. The van der Waals surface area contributed by atoms with Crippen molar-refractivity contribution >= 4 is 41.3 Å². The van der Waals surface area contributed by atoms with Crippen LogP contribution in [0.2, 0.25) is 0 Å². The van der Waals surface area contributed by atoms with Crippen LogP contribution in [0.1, 0.15) is 61.3 Å². The van der Waals surface area contributed by atoms with E-state index < -0.39 is 46.8 Å². The van der Waals surface area contributed by atoms with E-state index in [1.54, 1.807) is 27.7 Å². The minimum absolute atomic E-state index is 0.0318. The summed E-state index contributed by atoms with van der Waals surface area (Å²) in [5.74, 6) is -2.75. The van der Waals surface area contributed by atoms with Gasteiger partial charge in [-0.1, -0.05) is 0 Å². The first-order valence-corrected chi connectivity index (χ1v) is 10.9. The van der Waals surface area contributed by atoms with Crippen molar-refractivity contribution < 1.29 is 33.5 Å². The summed E-state index contributed by atoms with van der Waals surface area (Å²) >= 11 is 0. The van der Waals surface area contributed by atoms with Gasteiger partial charge in [-0.3, -0.25) is 34.2 Å². The third kappa shape index (κ3) is 4.13. The number of benzene rings is 1. The Morgan fingerprint density at radius 1 is 1.09 bits per heavy atom. The lowest BCUT2D eigenvalue weighted by molar-refractivity contribution is -0.136. The molecule has 0 saturated carbocycles. The van der Waals surface area contributed by atoms with Crippen molar-refractivity contribution in [1.29, 1.82) is 0 Å². The van der Waals surface area contributed by atoms with E-state index in [0.717, 1.165) is 4.90 Å². The maximum absolute atomic E-state index is 12.9. The smallest absolute Gasteiger partial charge is 0.410 e. The van der Waals surface area contributed by atoms with Crippen LogP contribution in [0.15, 0.2) is 18.2 Å². The molecule has 180 valence electrons. The fraction of sp³-hybridized carbons (Fsp3) is 0.478. The zero-order valence-corrected chi connectivity index (χ0v) is 19.4. The SMILES string of the molecule is CC(C)(C)OC(=O)N1CC(C)(C(=O)Nc2ccc3c(c2)C(=O)N(C2CCC(=O)NC2=O)C3=O)C1. The van der Waals surface area contributed by atoms with E-state index in [9.17, 15) is 28.8 Å². The van der Waals surface area contributed by atoms with Gasteiger partial charge in [-0.2, -0.15) is 0 Å². The molecule has 3 aliphatic rings. The molecule has 3 aliphatic heterocycles. The lowest BCUT2D eigenvalue weighted by atomic mass is 9.81. The quantitative estimate of drug-likeness (QED) is 0.634. The first-order chi connectivity index (χ1) is 15.8. The summed E-state index contributed by atoms with van der Waals surface area (Å²) in [5, 5.41) is 4.89. The normalized spacial score (nSPS) is 21.6. The van der Waals surface area contributed by atoms with E-state index in [1.165, 1.54) is 23.1 Å². The number of carbonyl (C=O) groups excluding carboxylic acids is 6. The number of rotatable bonds is 3. The van der Waals surface area contributed by atoms with E-state index in [1.807, 2.05) is 0 Å². The maximum atomic E-state index is 12.9. The minimum atomic E-state index is -1.06. The monoisotopic (exact) mass is 470 g/mol. The van der Waals surface area contributed by atoms with E-state index in [4.69, 9.17) is 4.74 Å². The van der Waals surface area contributed by atoms with Crippen LogP contribution in [0.3, 0.4) is 0 Å². The number of anilines is 1. The van der Waals surface area contributed by atoms with Gasteiger partial charge in [-0.25, -0.2) is 4.79 Å². The van der Waals surface area contributed by atoms with Gasteiger partial charge in [0.15, 0.2) is 0 Å². The van der Waals surface area contributed by atoms with Crippen LogP contribution in [-0.2, 0) is 19.1 Å². The number of hydrogen-bond acceptors (Lipinski definition) is 7. The van der Waals surface area contributed by atoms with Crippen molar-refractivity contribution in [3.63, 3.8) is 0 Å². The van der Waals surface area contributed by atoms with E-state index in [0.29, 0.717) is 5.69 Å². The highest BCUT2D eigenvalue weighted by atomic mass is 16.6. The second kappa shape index (κ2) is 7.93. The molecule has 0 aromatic heterocycles. The number of imide groups is 2. The molecule has 6 amide bonds. The van der Waals surface area contributed by atoms with E-state index in [2.05, 4.69) is 10.6 Å². The molecular weight excluding hydrogens is 444 g/mol. The van der Waals surface area contributed by atoms with Crippen LogP contribution in [0, 0.1) is 5.41 Å². The summed E-state index contributed by atoms with van der Waals surface area (Å²) in [6.07, 6.45) is -0.399. The van der Waals surface area contributed by atoms with Gasteiger partial charge >= 0.3 is 6.09 Å². The molecular formula is C23H26N4O7. The molecule has 0 radical (unpaired) electrons. The number of nitrogens with one attached hydrogen (secondary N) is 2. The Hall–Kier alpha value is -3.76. The Balaban J connectivity index is 1.43. The van der Waals surface area contributed by atoms with Crippen LogP contribution in [0.5, 0.6) is 0 Å². The maximum Gasteiger partial charge on any atom is 0.410 e. The standard InChI is InChI=1S/C23H26N4O7/c1-22(2,3)34-21(33)26-10-23(4,11-26)20(32)24-12-5-6-13-14(9-12)19(31)27(18(13)30)15-7-8-16(28)25-17(15)29/h5-6,9,15H,7-8,10-11H2,1-4H3,(H,24,32)(H,25,28,29). The number of fused-ring (bicyclic) bond motifs is 1. The first-order valence-electron chi connectivity index (χ1n) is 10.9. The fourth-order valence-electron chi connectivity index (χ4n) is 4.23. The van der Waals surface area contributed by atoms with Crippen LogP contribution in [0.4, 0.5) is 10.5 Å². The number of piperidine rings is 1. The molecule has 1 unspecified atom stereocenters. The lowest BCUT2D eigenvalue weighted by Crippen LogP contribution is -2.62. The first kappa shape index (κ1) is 23.4. The van der Waals surface area contributed by atoms with Gasteiger partial charge in [0.1, 0.15) is 11.6 Å². The Morgan fingerprint density at radius 2 is 1.74 bits per heavy atom. The molecule has 0 aliphatic carbocycles. The number of likely N-dealkylation sites (tertiary alicyclic amines) is 1. The Kier molecular flexibility index (Phi) is 5.46. The highest BCUT2D eigenvalue weighted by Crippen LogP contribution is 2.34. The van der Waals surface area contributed by atoms with Crippen LogP contribution >= 0.6 is 0 Å². The highest BCUT2D eigenvalue weighted by molar-refractivity contribution is 6.24. The van der Waals surface area contributed by atoms with Gasteiger partial charge in [-0.15, -0.1) is 0 Å². The molecule has 0 bridgehead atoms. The minimum Gasteiger partial charge on any atom is -0.444 e. The molecule has 2 N–H and O–H groups in total. The molecule has 1 aromatic carbocycles. The van der Waals surface area contributed by atoms with Crippen LogP contribution in [-0.4, -0.2) is 70.2 Å². The van der Waals surface area contributed by atoms with Gasteiger partial charge in [0.05, 0.1) is 16.5 Å². The molecule has 2 saturated heterocycles. The zero-order chi connectivity index (χ0) is 25.0. The predicted molar refractivity (Wildman–Crippen MR) is 118 cm³/mol. The molecule has 11 nitrogen and oxygen atoms in total. The predicted octanol–water partition coefficient (Wildman–Crippen LogP) is 1.28. The number of ether oxygens (including phenoxy) is 1. The summed E-state index contributed by atoms with van der Waals surface area (Å²) < 4.78 is 5.31. The number of hydrogen-bond donors (Lipinski definition) is 2. The van der Waals surface area contributed by atoms with E-state index >= 15 is 0 Å². The summed E-state index contributed by atoms with van der Waals surface area (Å²) in [6, 6.07) is 3.26. The molecule has 4 rings (SSSR count). The van der Waals surface area contributed by atoms with Gasteiger partial charge in [0.25, 0.3) is 11.8 Å². The average molecular weight is 470 g/mol. The second-order valence-corrected chi connectivity index (χ2v) is 10.1. The summed E-state index contributed by atoms with van der Waals surface area (Å²) in [5.41, 5.74) is -0.970. The number of amides is 6. The van der Waals surface area contributed by atoms with Crippen LogP contribution in [0.25, 0.3) is 0 Å². The molecule has 1 aromatic rings. The van der Waals surface area contributed by atoms with Gasteiger partial charge in [0.2, 0.25) is 17.7 Å². The third-order valence-corrected chi connectivity index (χ3v) is 5.98. The highest BCUT2D eigenvalue weighted by Gasteiger charge is 2.49. The number of carbonyl (C=O) groups is 6. The molecule has 11 heteroatoms. The van der Waals surface area contributed by atoms with Crippen molar-refractivity contribution in [1.82, 2.24) is 15.1 Å². The van der Waals surface area contributed by atoms with Crippen molar-refractivity contribution in [3.05, 3.63) is 29.3 Å². The second-order valence-electron chi connectivity index (χ2n) is 10.1. The Bertz CT molecular complexity index is 1130. The van der Waals surface area contributed by atoms with Gasteiger partial charge in [0, 0.05) is 25.2 Å². The molecule has 0 spiro atoms. The zero-order valence-electron chi connectivity index (χ0n) is 19.4. The Labute approximate surface area is 195 Å². The van der Waals surface area contributed by atoms with Crippen molar-refractivity contribution in [2.75, 3.05) is 18.4 Å². The van der Waals surface area contributed by atoms with Gasteiger partial charge in [-0.05, 0) is 52.3 Å². The third-order valence-electron chi connectivity index (χ3n) is 5.98. The number of nitrogens with zero attached hydrogens (tertiary/aromatic N) is 2. The van der Waals surface area contributed by atoms with E-state index in [-0.39, 0.29) is 43.0 Å². The van der Waals surface area contributed by atoms with Crippen molar-refractivity contribution in [2.24, 2.45) is 5.41 Å². The summed E-state index contributed by atoms with van der Waals surface area (Å²) in [4.78, 5) is 76.6. The fourth-order valence-corrected chi connectivity index (χ4v) is 4.23. The van der Waals surface area contributed by atoms with Crippen LogP contribution < -0.4 is 10.6 Å². The molecule has 3 heterocycles. The molecule has 34 heavy (non-hydrogen) atoms. The average Bonchev–Trinajstić information content (AvgIpc) is 2.94.